The second-order valence-electron chi connectivity index (χ2n) is 16.1. The molecule has 61 heavy (non-hydrogen) atoms. The number of aryl methyl sites for hydroxylation is 1. The van der Waals surface area contributed by atoms with Gasteiger partial charge in [0.05, 0.1) is 5.41 Å². The van der Waals surface area contributed by atoms with E-state index in [1.54, 1.807) is 0 Å². The Morgan fingerprint density at radius 3 is 1.48 bits per heavy atom. The van der Waals surface area contributed by atoms with Crippen LogP contribution in [0.3, 0.4) is 0 Å². The maximum absolute atomic E-state index is 2.46. The molecule has 1 heteroatoms. The lowest BCUT2D eigenvalue weighted by molar-refractivity contribution is 0.768. The van der Waals surface area contributed by atoms with Gasteiger partial charge in [-0.15, -0.1) is 0 Å². The highest BCUT2D eigenvalue weighted by molar-refractivity contribution is 6.04. The van der Waals surface area contributed by atoms with Crippen LogP contribution in [-0.2, 0) is 5.41 Å². The fourth-order valence-corrected chi connectivity index (χ4v) is 9.95. The van der Waals surface area contributed by atoms with Crippen LogP contribution in [0.25, 0.3) is 55.3 Å². The van der Waals surface area contributed by atoms with E-state index in [4.69, 9.17) is 0 Å². The van der Waals surface area contributed by atoms with E-state index in [1.165, 1.54) is 83.1 Å². The molecule has 1 aliphatic rings. The van der Waals surface area contributed by atoms with Crippen molar-refractivity contribution in [3.05, 3.63) is 270 Å². The van der Waals surface area contributed by atoms with Crippen LogP contribution in [0.4, 0.5) is 17.1 Å². The van der Waals surface area contributed by atoms with E-state index in [0.29, 0.717) is 0 Å². The summed E-state index contributed by atoms with van der Waals surface area (Å²) in [5, 5.41) is 2.49. The highest BCUT2D eigenvalue weighted by atomic mass is 15.1. The molecule has 0 heterocycles. The van der Waals surface area contributed by atoms with Crippen molar-refractivity contribution in [2.45, 2.75) is 12.3 Å². The quantitative estimate of drug-likeness (QED) is 0.149. The summed E-state index contributed by atoms with van der Waals surface area (Å²) < 4.78 is 0. The first-order valence-electron chi connectivity index (χ1n) is 21.2. The molecule has 288 valence electrons. The fraction of sp³-hybridized carbons (Fsp3) is 0.0333. The smallest absolute Gasteiger partial charge is 0.0714 e. The highest BCUT2D eigenvalue weighted by Crippen LogP contribution is 2.58. The van der Waals surface area contributed by atoms with Gasteiger partial charge in [0.15, 0.2) is 0 Å². The predicted octanol–water partition coefficient (Wildman–Crippen LogP) is 16.0. The lowest BCUT2D eigenvalue weighted by atomic mass is 9.67. The molecule has 0 amide bonds. The maximum Gasteiger partial charge on any atom is 0.0714 e. The topological polar surface area (TPSA) is 3.24 Å². The first-order valence-corrected chi connectivity index (χ1v) is 21.2. The van der Waals surface area contributed by atoms with E-state index in [2.05, 4.69) is 254 Å². The summed E-state index contributed by atoms with van der Waals surface area (Å²) in [6.45, 7) is 2.25. The molecule has 10 aromatic carbocycles. The lowest BCUT2D eigenvalue weighted by Gasteiger charge is -2.35. The van der Waals surface area contributed by atoms with Crippen molar-refractivity contribution in [3.63, 3.8) is 0 Å². The molecule has 0 aromatic heterocycles. The van der Waals surface area contributed by atoms with Crippen LogP contribution < -0.4 is 4.90 Å². The third-order valence-electron chi connectivity index (χ3n) is 12.7. The number of fused-ring (bicyclic) bond motifs is 4. The fourth-order valence-electron chi connectivity index (χ4n) is 9.95. The highest BCUT2D eigenvalue weighted by Gasteiger charge is 2.46. The zero-order chi connectivity index (χ0) is 40.8. The molecule has 0 radical (unpaired) electrons. The van der Waals surface area contributed by atoms with E-state index < -0.39 is 5.41 Å². The summed E-state index contributed by atoms with van der Waals surface area (Å²) in [7, 11) is 0. The van der Waals surface area contributed by atoms with Crippen LogP contribution in [0.15, 0.2) is 243 Å². The van der Waals surface area contributed by atoms with Crippen molar-refractivity contribution in [2.75, 3.05) is 4.90 Å². The lowest BCUT2D eigenvalue weighted by Crippen LogP contribution is -2.28. The predicted molar refractivity (Wildman–Crippen MR) is 257 cm³/mol. The standard InChI is InChI=1S/C60H43N/c1-42-17-16-28-56-58(42)55-40-38-52(41-57(55)60(56,48-23-10-4-11-24-48)49-25-12-5-13-26-49)61(50-34-29-44(30-35-50)43-18-6-2-7-19-43)51-36-31-46(32-37-51)54-39-33-45-20-14-15-27-53(45)59(54)47-21-8-3-9-22-47/h2-41H,1H3. The van der Waals surface area contributed by atoms with Crippen LogP contribution in [0, 0.1) is 6.92 Å². The number of benzene rings is 10. The van der Waals surface area contributed by atoms with Gasteiger partial charge in [-0.3, -0.25) is 0 Å². The average Bonchev–Trinajstić information content (AvgIpc) is 3.64. The molecular weight excluding hydrogens is 735 g/mol. The summed E-state index contributed by atoms with van der Waals surface area (Å²) in [6.07, 6.45) is 0. The number of anilines is 3. The maximum atomic E-state index is 2.46. The largest absolute Gasteiger partial charge is 0.310 e. The van der Waals surface area contributed by atoms with Crippen LogP contribution in [0.2, 0.25) is 0 Å². The van der Waals surface area contributed by atoms with E-state index in [-0.39, 0.29) is 0 Å². The molecule has 11 rings (SSSR count). The van der Waals surface area contributed by atoms with Gasteiger partial charge >= 0.3 is 0 Å². The molecule has 1 nitrogen and oxygen atoms in total. The van der Waals surface area contributed by atoms with Gasteiger partial charge in [0.25, 0.3) is 0 Å². The molecule has 0 saturated carbocycles. The Morgan fingerprint density at radius 1 is 0.328 bits per heavy atom. The minimum atomic E-state index is -0.508. The van der Waals surface area contributed by atoms with E-state index in [9.17, 15) is 0 Å². The molecule has 0 aliphatic heterocycles. The van der Waals surface area contributed by atoms with Gasteiger partial charge in [-0.1, -0.05) is 206 Å². The Balaban J connectivity index is 1.11. The molecule has 0 saturated heterocycles. The normalized spacial score (nSPS) is 12.5. The molecule has 0 fully saturated rings. The Labute approximate surface area is 358 Å². The van der Waals surface area contributed by atoms with Crippen molar-refractivity contribution < 1.29 is 0 Å². The van der Waals surface area contributed by atoms with Gasteiger partial charge in [0.1, 0.15) is 0 Å². The first kappa shape index (κ1) is 36.3. The van der Waals surface area contributed by atoms with Crippen LogP contribution >= 0.6 is 0 Å². The minimum Gasteiger partial charge on any atom is -0.310 e. The van der Waals surface area contributed by atoms with Crippen molar-refractivity contribution in [1.29, 1.82) is 0 Å². The van der Waals surface area contributed by atoms with Gasteiger partial charge in [-0.2, -0.15) is 0 Å². The number of rotatable bonds is 8. The summed E-state index contributed by atoms with van der Waals surface area (Å²) in [5.41, 5.74) is 19.1. The van der Waals surface area contributed by atoms with Crippen molar-refractivity contribution >= 4 is 27.8 Å². The Kier molecular flexibility index (Phi) is 9.02. The first-order chi connectivity index (χ1) is 30.2. The van der Waals surface area contributed by atoms with Gasteiger partial charge in [-0.25, -0.2) is 0 Å². The van der Waals surface area contributed by atoms with Gasteiger partial charge in [-0.05, 0) is 126 Å². The van der Waals surface area contributed by atoms with E-state index in [0.717, 1.165) is 17.1 Å². The molecule has 0 atom stereocenters. The molecule has 10 aromatic rings. The second kappa shape index (κ2) is 15.1. The molecule has 1 aliphatic carbocycles. The van der Waals surface area contributed by atoms with Crippen LogP contribution in [0.5, 0.6) is 0 Å². The van der Waals surface area contributed by atoms with Crippen molar-refractivity contribution in [1.82, 2.24) is 0 Å². The monoisotopic (exact) mass is 777 g/mol. The molecule has 0 bridgehead atoms. The second-order valence-corrected chi connectivity index (χ2v) is 16.1. The zero-order valence-corrected chi connectivity index (χ0v) is 34.0. The molecule has 0 N–H and O–H groups in total. The minimum absolute atomic E-state index is 0.508. The van der Waals surface area contributed by atoms with Crippen molar-refractivity contribution in [3.8, 4) is 44.5 Å². The Bertz CT molecular complexity index is 3110. The summed E-state index contributed by atoms with van der Waals surface area (Å²) in [4.78, 5) is 2.42. The van der Waals surface area contributed by atoms with Crippen LogP contribution in [-0.4, -0.2) is 0 Å². The van der Waals surface area contributed by atoms with Gasteiger partial charge in [0.2, 0.25) is 0 Å². The number of nitrogens with zero attached hydrogens (tertiary/aromatic N) is 1. The van der Waals surface area contributed by atoms with Crippen molar-refractivity contribution in [2.24, 2.45) is 0 Å². The summed E-state index contributed by atoms with van der Waals surface area (Å²) >= 11 is 0. The van der Waals surface area contributed by atoms with Crippen LogP contribution in [0.1, 0.15) is 27.8 Å². The molecule has 0 unspecified atom stereocenters. The summed E-state index contributed by atoms with van der Waals surface area (Å²) in [5.74, 6) is 0. The Morgan fingerprint density at radius 2 is 0.836 bits per heavy atom. The average molecular weight is 778 g/mol. The number of hydrogen-bond acceptors (Lipinski definition) is 1. The van der Waals surface area contributed by atoms with Gasteiger partial charge in [0, 0.05) is 17.1 Å². The zero-order valence-electron chi connectivity index (χ0n) is 34.0. The van der Waals surface area contributed by atoms with E-state index >= 15 is 0 Å². The number of hydrogen-bond donors (Lipinski definition) is 0. The SMILES string of the molecule is Cc1cccc2c1-c1ccc(N(c3ccc(-c4ccccc4)cc3)c3ccc(-c4ccc5ccccc5c4-c4ccccc4)cc3)cc1C2(c1ccccc1)c1ccccc1. The Hall–Kier alpha value is -7.74. The van der Waals surface area contributed by atoms with Gasteiger partial charge < -0.3 is 4.90 Å². The molecular formula is C60H43N. The molecule has 0 spiro atoms. The summed E-state index contributed by atoms with van der Waals surface area (Å²) in [6, 6.07) is 89.0. The third kappa shape index (κ3) is 6.09. The third-order valence-corrected chi connectivity index (χ3v) is 12.7. The van der Waals surface area contributed by atoms with E-state index in [1.807, 2.05) is 0 Å².